The highest BCUT2D eigenvalue weighted by Gasteiger charge is 2.10. The molecule has 1 N–H and O–H groups in total. The molecule has 152 valence electrons. The normalized spacial score (nSPS) is 11.4. The Morgan fingerprint density at radius 3 is 2.77 bits per heavy atom. The molecule has 2 aromatic carbocycles. The molecule has 0 fully saturated rings. The Hall–Kier alpha value is -2.61. The second-order valence-electron chi connectivity index (χ2n) is 6.67. The van der Waals surface area contributed by atoms with Crippen LogP contribution in [-0.4, -0.2) is 27.4 Å². The second kappa shape index (κ2) is 9.04. The topological polar surface area (TPSA) is 59.3 Å². The SMILES string of the molecule is Cc1cc(C=NNC(=O)CSc2nc3ccccc3s2)c(C)n1-c1ccc(Cl)cc1. The van der Waals surface area contributed by atoms with Gasteiger partial charge < -0.3 is 4.57 Å². The highest BCUT2D eigenvalue weighted by molar-refractivity contribution is 8.01. The van der Waals surface area contributed by atoms with E-state index in [1.807, 2.05) is 68.4 Å². The van der Waals surface area contributed by atoms with Gasteiger partial charge >= 0.3 is 0 Å². The molecular formula is C22H19ClN4OS2. The van der Waals surface area contributed by atoms with Crippen LogP contribution in [-0.2, 0) is 4.79 Å². The highest BCUT2D eigenvalue weighted by atomic mass is 35.5. The number of carbonyl (C=O) groups is 1. The number of hydrazone groups is 1. The number of hydrogen-bond donors (Lipinski definition) is 1. The summed E-state index contributed by atoms with van der Waals surface area (Å²) in [5.74, 6) is 0.100. The zero-order valence-electron chi connectivity index (χ0n) is 16.4. The van der Waals surface area contributed by atoms with Crippen molar-refractivity contribution in [3.05, 3.63) is 76.6 Å². The van der Waals surface area contributed by atoms with Gasteiger partial charge in [0.25, 0.3) is 5.91 Å². The van der Waals surface area contributed by atoms with Gasteiger partial charge in [-0.3, -0.25) is 4.79 Å². The number of hydrogen-bond acceptors (Lipinski definition) is 5. The van der Waals surface area contributed by atoms with Crippen molar-refractivity contribution in [2.75, 3.05) is 5.75 Å². The average molecular weight is 455 g/mol. The fourth-order valence-corrected chi connectivity index (χ4v) is 5.14. The lowest BCUT2D eigenvalue weighted by Crippen LogP contribution is -2.19. The van der Waals surface area contributed by atoms with Crippen molar-refractivity contribution in [3.63, 3.8) is 0 Å². The Bertz CT molecular complexity index is 1190. The molecule has 0 saturated heterocycles. The number of benzene rings is 2. The van der Waals surface area contributed by atoms with Crippen molar-refractivity contribution >= 4 is 57.0 Å². The maximum Gasteiger partial charge on any atom is 0.250 e. The lowest BCUT2D eigenvalue weighted by Gasteiger charge is -2.09. The smallest absolute Gasteiger partial charge is 0.250 e. The number of aryl methyl sites for hydroxylation is 1. The number of rotatable bonds is 6. The van der Waals surface area contributed by atoms with E-state index in [1.165, 1.54) is 11.8 Å². The summed E-state index contributed by atoms with van der Waals surface area (Å²) in [6.07, 6.45) is 1.68. The predicted octanol–water partition coefficient (Wildman–Crippen LogP) is 5.60. The van der Waals surface area contributed by atoms with Crippen LogP contribution in [0, 0.1) is 13.8 Å². The third kappa shape index (κ3) is 4.59. The predicted molar refractivity (Wildman–Crippen MR) is 126 cm³/mol. The number of nitrogens with one attached hydrogen (secondary N) is 1. The number of para-hydroxylation sites is 1. The highest BCUT2D eigenvalue weighted by Crippen LogP contribution is 2.29. The van der Waals surface area contributed by atoms with E-state index in [0.29, 0.717) is 5.02 Å². The second-order valence-corrected chi connectivity index (χ2v) is 9.36. The molecule has 4 aromatic rings. The minimum atomic E-state index is -0.165. The van der Waals surface area contributed by atoms with Gasteiger partial charge in [0.1, 0.15) is 0 Å². The quantitative estimate of drug-likeness (QED) is 0.234. The largest absolute Gasteiger partial charge is 0.318 e. The van der Waals surface area contributed by atoms with Crippen LogP contribution in [0.2, 0.25) is 5.02 Å². The monoisotopic (exact) mass is 454 g/mol. The Morgan fingerprint density at radius 2 is 2.00 bits per heavy atom. The lowest BCUT2D eigenvalue weighted by atomic mass is 10.2. The molecule has 2 heterocycles. The fraction of sp³-hybridized carbons (Fsp3) is 0.136. The number of aromatic nitrogens is 2. The minimum Gasteiger partial charge on any atom is -0.318 e. The van der Waals surface area contributed by atoms with Crippen LogP contribution in [0.4, 0.5) is 0 Å². The zero-order valence-corrected chi connectivity index (χ0v) is 18.8. The summed E-state index contributed by atoms with van der Waals surface area (Å²) < 4.78 is 4.12. The first kappa shape index (κ1) is 20.7. The lowest BCUT2D eigenvalue weighted by molar-refractivity contribution is -0.118. The summed E-state index contributed by atoms with van der Waals surface area (Å²) in [7, 11) is 0. The molecule has 8 heteroatoms. The zero-order chi connectivity index (χ0) is 21.1. The van der Waals surface area contributed by atoms with E-state index in [2.05, 4.69) is 20.1 Å². The number of nitrogens with zero attached hydrogens (tertiary/aromatic N) is 3. The Kier molecular flexibility index (Phi) is 6.22. The number of carbonyl (C=O) groups excluding carboxylic acids is 1. The summed E-state index contributed by atoms with van der Waals surface area (Å²) in [5, 5.41) is 4.83. The van der Waals surface area contributed by atoms with E-state index < -0.39 is 0 Å². The van der Waals surface area contributed by atoms with Crippen molar-refractivity contribution in [2.24, 2.45) is 5.10 Å². The number of halogens is 1. The standard InChI is InChI=1S/C22H19ClN4OS2/c1-14-11-16(15(2)27(14)18-9-7-17(23)8-10-18)12-24-26-21(28)13-29-22-25-19-5-3-4-6-20(19)30-22/h3-12H,13H2,1-2H3,(H,26,28). The van der Waals surface area contributed by atoms with Crippen LogP contribution in [0.25, 0.3) is 15.9 Å². The summed E-state index contributed by atoms with van der Waals surface area (Å²) in [6, 6.07) is 17.7. The van der Waals surface area contributed by atoms with Crippen LogP contribution in [0.15, 0.2) is 64.0 Å². The van der Waals surface area contributed by atoms with Gasteiger partial charge in [-0.1, -0.05) is 35.5 Å². The first-order valence-corrected chi connectivity index (χ1v) is 11.4. The van der Waals surface area contributed by atoms with Crippen LogP contribution in [0.3, 0.4) is 0 Å². The summed E-state index contributed by atoms with van der Waals surface area (Å²) >= 11 is 8.99. The van der Waals surface area contributed by atoms with Gasteiger partial charge in [0.15, 0.2) is 4.34 Å². The van der Waals surface area contributed by atoms with E-state index in [0.717, 1.165) is 37.2 Å². The number of thiazole rings is 1. The molecule has 1 amide bonds. The van der Waals surface area contributed by atoms with Gasteiger partial charge in [-0.25, -0.2) is 10.4 Å². The van der Waals surface area contributed by atoms with Gasteiger partial charge in [0, 0.05) is 27.7 Å². The van der Waals surface area contributed by atoms with Crippen molar-refractivity contribution < 1.29 is 4.79 Å². The van der Waals surface area contributed by atoms with Crippen molar-refractivity contribution in [3.8, 4) is 5.69 Å². The summed E-state index contributed by atoms with van der Waals surface area (Å²) in [6.45, 7) is 4.06. The van der Waals surface area contributed by atoms with E-state index in [9.17, 15) is 4.79 Å². The molecule has 0 saturated carbocycles. The van der Waals surface area contributed by atoms with Gasteiger partial charge in [-0.2, -0.15) is 5.10 Å². The van der Waals surface area contributed by atoms with E-state index >= 15 is 0 Å². The van der Waals surface area contributed by atoms with Crippen molar-refractivity contribution in [1.29, 1.82) is 0 Å². The molecule has 30 heavy (non-hydrogen) atoms. The van der Waals surface area contributed by atoms with Crippen molar-refractivity contribution in [2.45, 2.75) is 18.2 Å². The minimum absolute atomic E-state index is 0.165. The molecule has 2 aromatic heterocycles. The van der Waals surface area contributed by atoms with Crippen LogP contribution < -0.4 is 5.43 Å². The Balaban J connectivity index is 1.37. The summed E-state index contributed by atoms with van der Waals surface area (Å²) in [5.41, 5.74) is 7.65. The van der Waals surface area contributed by atoms with E-state index in [4.69, 9.17) is 11.6 Å². The third-order valence-corrected chi connectivity index (χ3v) is 6.98. The number of fused-ring (bicyclic) bond motifs is 1. The van der Waals surface area contributed by atoms with Crippen molar-refractivity contribution in [1.82, 2.24) is 15.0 Å². The Labute approximate surface area is 187 Å². The number of amides is 1. The maximum absolute atomic E-state index is 12.1. The van der Waals surface area contributed by atoms with Gasteiger partial charge in [-0.15, -0.1) is 11.3 Å². The molecule has 0 aliphatic rings. The van der Waals surface area contributed by atoms with Gasteiger partial charge in [-0.05, 0) is 56.3 Å². The molecule has 0 aliphatic heterocycles. The molecule has 0 atom stereocenters. The number of thioether (sulfide) groups is 1. The van der Waals surface area contributed by atoms with E-state index in [-0.39, 0.29) is 11.7 Å². The van der Waals surface area contributed by atoms with Gasteiger partial charge in [0.2, 0.25) is 0 Å². The summed E-state index contributed by atoms with van der Waals surface area (Å²) in [4.78, 5) is 16.7. The molecule has 0 spiro atoms. The molecule has 0 bridgehead atoms. The molecule has 5 nitrogen and oxygen atoms in total. The molecule has 0 radical (unpaired) electrons. The first-order chi connectivity index (χ1) is 14.5. The maximum atomic E-state index is 12.1. The Morgan fingerprint density at radius 1 is 1.23 bits per heavy atom. The molecular weight excluding hydrogens is 436 g/mol. The molecule has 0 aliphatic carbocycles. The first-order valence-electron chi connectivity index (χ1n) is 9.26. The molecule has 0 unspecified atom stereocenters. The fourth-order valence-electron chi connectivity index (χ4n) is 3.15. The van der Waals surface area contributed by atoms with Gasteiger partial charge in [0.05, 0.1) is 22.2 Å². The van der Waals surface area contributed by atoms with Crippen LogP contribution >= 0.6 is 34.7 Å². The van der Waals surface area contributed by atoms with Crippen LogP contribution in [0.5, 0.6) is 0 Å². The van der Waals surface area contributed by atoms with Crippen LogP contribution in [0.1, 0.15) is 17.0 Å². The van der Waals surface area contributed by atoms with E-state index in [1.54, 1.807) is 17.6 Å². The molecule has 4 rings (SSSR count). The third-order valence-electron chi connectivity index (χ3n) is 4.55. The average Bonchev–Trinajstić information content (AvgIpc) is 3.27.